The van der Waals surface area contributed by atoms with Gasteiger partial charge in [0.25, 0.3) is 0 Å². The molecule has 0 radical (unpaired) electrons. The Hall–Kier alpha value is -0.910. The third-order valence-electron chi connectivity index (χ3n) is 4.50. The van der Waals surface area contributed by atoms with Gasteiger partial charge in [-0.2, -0.15) is 0 Å². The maximum atomic E-state index is 5.95. The minimum absolute atomic E-state index is 0.136. The molecule has 19 heavy (non-hydrogen) atoms. The van der Waals surface area contributed by atoms with Crippen molar-refractivity contribution >= 4 is 0 Å². The van der Waals surface area contributed by atoms with Crippen LogP contribution < -0.4 is 5.32 Å². The molecule has 0 bridgehead atoms. The molecule has 0 amide bonds. The average Bonchev–Trinajstić information content (AvgIpc) is 3.01. The van der Waals surface area contributed by atoms with Crippen LogP contribution in [0.25, 0.3) is 0 Å². The van der Waals surface area contributed by atoms with Crippen LogP contribution in [-0.2, 0) is 9.47 Å². The molecule has 5 nitrogen and oxygen atoms in total. The summed E-state index contributed by atoms with van der Waals surface area (Å²) in [7, 11) is 0. The van der Waals surface area contributed by atoms with E-state index in [9.17, 15) is 0 Å². The number of nitrogens with zero attached hydrogens (tertiary/aromatic N) is 2. The van der Waals surface area contributed by atoms with Gasteiger partial charge in [0.1, 0.15) is 6.10 Å². The zero-order valence-electron chi connectivity index (χ0n) is 11.1. The molecule has 1 aromatic heterocycles. The number of rotatable bonds is 3. The van der Waals surface area contributed by atoms with E-state index in [4.69, 9.17) is 9.47 Å². The van der Waals surface area contributed by atoms with E-state index in [1.165, 1.54) is 18.5 Å². The van der Waals surface area contributed by atoms with Crippen LogP contribution in [0.5, 0.6) is 0 Å². The van der Waals surface area contributed by atoms with E-state index in [-0.39, 0.29) is 6.10 Å². The fourth-order valence-corrected chi connectivity index (χ4v) is 3.37. The monoisotopic (exact) mass is 263 g/mol. The maximum Gasteiger partial charge on any atom is 0.111 e. The SMILES string of the molecule is c1ncn(C2CCOC2C2CC2)c1C1CNCCO1. The number of hydrogen-bond donors (Lipinski definition) is 1. The van der Waals surface area contributed by atoms with Gasteiger partial charge in [0.05, 0.1) is 37.0 Å². The molecular formula is C14H21N3O2. The first-order valence-corrected chi connectivity index (χ1v) is 7.39. The van der Waals surface area contributed by atoms with Gasteiger partial charge in [-0.25, -0.2) is 4.98 Å². The molecule has 4 rings (SSSR count). The summed E-state index contributed by atoms with van der Waals surface area (Å²) in [6.45, 7) is 3.49. The van der Waals surface area contributed by atoms with Crippen molar-refractivity contribution in [3.8, 4) is 0 Å². The predicted octanol–water partition coefficient (Wildman–Crippen LogP) is 1.28. The van der Waals surface area contributed by atoms with Gasteiger partial charge in [-0.05, 0) is 25.2 Å². The molecule has 2 saturated heterocycles. The van der Waals surface area contributed by atoms with Crippen LogP contribution in [0.3, 0.4) is 0 Å². The van der Waals surface area contributed by atoms with E-state index in [0.29, 0.717) is 12.1 Å². The lowest BCUT2D eigenvalue weighted by atomic mass is 10.1. The van der Waals surface area contributed by atoms with Crippen molar-refractivity contribution < 1.29 is 9.47 Å². The summed E-state index contributed by atoms with van der Waals surface area (Å²) < 4.78 is 14.1. The van der Waals surface area contributed by atoms with E-state index in [1.54, 1.807) is 0 Å². The lowest BCUT2D eigenvalue weighted by molar-refractivity contribution is 0.0193. The normalized spacial score (nSPS) is 35.7. The molecule has 1 saturated carbocycles. The molecule has 3 atom stereocenters. The zero-order valence-corrected chi connectivity index (χ0v) is 11.1. The van der Waals surface area contributed by atoms with Crippen LogP contribution >= 0.6 is 0 Å². The second-order valence-corrected chi connectivity index (χ2v) is 5.82. The minimum atomic E-state index is 0.136. The second-order valence-electron chi connectivity index (χ2n) is 5.82. The van der Waals surface area contributed by atoms with Crippen molar-refractivity contribution in [3.63, 3.8) is 0 Å². The molecule has 5 heteroatoms. The molecule has 104 valence electrons. The van der Waals surface area contributed by atoms with Gasteiger partial charge in [0, 0.05) is 19.7 Å². The fraction of sp³-hybridized carbons (Fsp3) is 0.786. The topological polar surface area (TPSA) is 48.3 Å². The average molecular weight is 263 g/mol. The predicted molar refractivity (Wildman–Crippen MR) is 69.9 cm³/mol. The first-order valence-electron chi connectivity index (χ1n) is 7.39. The first kappa shape index (κ1) is 11.9. The summed E-state index contributed by atoms with van der Waals surface area (Å²) in [6.07, 6.45) is 8.20. The van der Waals surface area contributed by atoms with Gasteiger partial charge >= 0.3 is 0 Å². The van der Waals surface area contributed by atoms with E-state index in [2.05, 4.69) is 14.9 Å². The Bertz CT molecular complexity index is 438. The fourth-order valence-electron chi connectivity index (χ4n) is 3.37. The van der Waals surface area contributed by atoms with Crippen LogP contribution in [0.2, 0.25) is 0 Å². The molecule has 2 aliphatic heterocycles. The van der Waals surface area contributed by atoms with Gasteiger partial charge < -0.3 is 19.4 Å². The molecule has 0 spiro atoms. The van der Waals surface area contributed by atoms with Gasteiger partial charge in [-0.15, -0.1) is 0 Å². The Labute approximate surface area is 113 Å². The van der Waals surface area contributed by atoms with Gasteiger partial charge in [-0.1, -0.05) is 0 Å². The molecule has 1 aliphatic carbocycles. The number of imidazole rings is 1. The highest BCUT2D eigenvalue weighted by molar-refractivity contribution is 5.09. The lowest BCUT2D eigenvalue weighted by Crippen LogP contribution is -2.35. The molecule has 3 aliphatic rings. The van der Waals surface area contributed by atoms with Crippen molar-refractivity contribution in [2.24, 2.45) is 5.92 Å². The maximum absolute atomic E-state index is 5.95. The van der Waals surface area contributed by atoms with E-state index < -0.39 is 0 Å². The Morgan fingerprint density at radius 1 is 1.21 bits per heavy atom. The Morgan fingerprint density at radius 2 is 2.16 bits per heavy atom. The van der Waals surface area contributed by atoms with E-state index >= 15 is 0 Å². The number of ether oxygens (including phenoxy) is 2. The van der Waals surface area contributed by atoms with Crippen LogP contribution in [-0.4, -0.2) is 42.0 Å². The number of morpholine rings is 1. The number of aromatic nitrogens is 2. The molecule has 1 aromatic rings. The van der Waals surface area contributed by atoms with Crippen molar-refractivity contribution in [3.05, 3.63) is 18.2 Å². The third kappa shape index (κ3) is 2.20. The van der Waals surface area contributed by atoms with Crippen LogP contribution in [0, 0.1) is 5.92 Å². The molecule has 1 N–H and O–H groups in total. The Morgan fingerprint density at radius 3 is 2.95 bits per heavy atom. The van der Waals surface area contributed by atoms with Crippen LogP contribution in [0.15, 0.2) is 12.5 Å². The molecule has 3 heterocycles. The highest BCUT2D eigenvalue weighted by Gasteiger charge is 2.42. The summed E-state index contributed by atoms with van der Waals surface area (Å²) in [5, 5.41) is 3.39. The minimum Gasteiger partial charge on any atom is -0.376 e. The Kier molecular flexibility index (Phi) is 3.06. The number of nitrogens with one attached hydrogen (secondary N) is 1. The summed E-state index contributed by atoms with van der Waals surface area (Å²) >= 11 is 0. The molecule has 0 aromatic carbocycles. The smallest absolute Gasteiger partial charge is 0.111 e. The summed E-state index contributed by atoms with van der Waals surface area (Å²) in [5.74, 6) is 0.771. The molecular weight excluding hydrogens is 242 g/mol. The van der Waals surface area contributed by atoms with Crippen molar-refractivity contribution in [1.82, 2.24) is 14.9 Å². The van der Waals surface area contributed by atoms with Gasteiger partial charge in [-0.3, -0.25) is 0 Å². The van der Waals surface area contributed by atoms with E-state index in [1.807, 2.05) is 12.5 Å². The zero-order chi connectivity index (χ0) is 12.7. The summed E-state index contributed by atoms with van der Waals surface area (Å²) in [6, 6.07) is 0.454. The van der Waals surface area contributed by atoms with Crippen molar-refractivity contribution in [1.29, 1.82) is 0 Å². The standard InChI is InChI=1S/C14H21N3O2/c1-2-10(1)14-11(3-5-19-14)17-9-16-7-12(17)13-8-15-4-6-18-13/h7,9-11,13-15H,1-6,8H2. The third-order valence-corrected chi connectivity index (χ3v) is 4.50. The summed E-state index contributed by atoms with van der Waals surface area (Å²) in [5.41, 5.74) is 1.20. The lowest BCUT2D eigenvalue weighted by Gasteiger charge is -2.28. The highest BCUT2D eigenvalue weighted by atomic mass is 16.5. The van der Waals surface area contributed by atoms with Crippen LogP contribution in [0.1, 0.15) is 37.1 Å². The largest absolute Gasteiger partial charge is 0.376 e. The molecule has 3 fully saturated rings. The van der Waals surface area contributed by atoms with E-state index in [0.717, 1.165) is 38.6 Å². The summed E-state index contributed by atoms with van der Waals surface area (Å²) in [4.78, 5) is 4.36. The van der Waals surface area contributed by atoms with Gasteiger partial charge in [0.15, 0.2) is 0 Å². The van der Waals surface area contributed by atoms with Crippen LogP contribution in [0.4, 0.5) is 0 Å². The van der Waals surface area contributed by atoms with Crippen molar-refractivity contribution in [2.75, 3.05) is 26.3 Å². The quantitative estimate of drug-likeness (QED) is 0.892. The number of hydrogen-bond acceptors (Lipinski definition) is 4. The van der Waals surface area contributed by atoms with Gasteiger partial charge in [0.2, 0.25) is 0 Å². The Balaban J connectivity index is 1.58. The molecule has 3 unspecified atom stereocenters. The second kappa shape index (κ2) is 4.89. The highest BCUT2D eigenvalue weighted by Crippen LogP contribution is 2.44. The first-order chi connectivity index (χ1) is 9.43. The van der Waals surface area contributed by atoms with Crippen molar-refractivity contribution in [2.45, 2.75) is 37.5 Å².